The van der Waals surface area contributed by atoms with Gasteiger partial charge in [-0.15, -0.1) is 5.10 Å². The Morgan fingerprint density at radius 1 is 1.16 bits per heavy atom. The molecule has 0 radical (unpaired) electrons. The number of piperidine rings is 1. The van der Waals surface area contributed by atoms with Crippen LogP contribution in [0.2, 0.25) is 0 Å². The van der Waals surface area contributed by atoms with E-state index in [1.807, 2.05) is 13.0 Å². The van der Waals surface area contributed by atoms with E-state index in [2.05, 4.69) is 30.5 Å². The Balaban J connectivity index is 1.14. The minimum atomic E-state index is -2.72. The van der Waals surface area contributed by atoms with Crippen LogP contribution in [0.15, 0.2) is 41.7 Å². The highest BCUT2D eigenvalue weighted by Gasteiger charge is 2.39. The van der Waals surface area contributed by atoms with Crippen LogP contribution >= 0.6 is 0 Å². The Morgan fingerprint density at radius 3 is 2.79 bits per heavy atom. The third-order valence-electron chi connectivity index (χ3n) is 7.78. The topological polar surface area (TPSA) is 97.0 Å². The van der Waals surface area contributed by atoms with Crippen LogP contribution in [0.1, 0.15) is 45.2 Å². The molecule has 0 bridgehead atoms. The molecular formula is C26H33F2N9O. The van der Waals surface area contributed by atoms with Crippen LogP contribution in [0, 0.1) is 5.92 Å². The molecule has 1 unspecified atom stereocenters. The van der Waals surface area contributed by atoms with E-state index >= 15 is 0 Å². The molecule has 3 aliphatic rings. The van der Waals surface area contributed by atoms with Crippen LogP contribution < -0.4 is 20.7 Å². The summed E-state index contributed by atoms with van der Waals surface area (Å²) in [6.45, 7) is 4.68. The van der Waals surface area contributed by atoms with Gasteiger partial charge in [-0.2, -0.15) is 0 Å². The molecular weight excluding hydrogens is 492 g/mol. The van der Waals surface area contributed by atoms with Gasteiger partial charge >= 0.3 is 0 Å². The molecule has 1 N–H and O–H groups in total. The van der Waals surface area contributed by atoms with Gasteiger partial charge in [0.2, 0.25) is 0 Å². The van der Waals surface area contributed by atoms with Gasteiger partial charge in [0, 0.05) is 50.0 Å². The van der Waals surface area contributed by atoms with Crippen molar-refractivity contribution in [2.24, 2.45) is 5.92 Å². The third-order valence-corrected chi connectivity index (χ3v) is 7.78. The van der Waals surface area contributed by atoms with Crippen LogP contribution in [0.5, 0.6) is 0 Å². The predicted octanol–water partition coefficient (Wildman–Crippen LogP) is 2.78. The van der Waals surface area contributed by atoms with Crippen molar-refractivity contribution in [1.29, 1.82) is 0 Å². The summed E-state index contributed by atoms with van der Waals surface area (Å²) >= 11 is 0. The molecule has 6 rings (SSSR count). The van der Waals surface area contributed by atoms with E-state index in [0.717, 1.165) is 37.7 Å². The van der Waals surface area contributed by atoms with Crippen molar-refractivity contribution in [2.45, 2.75) is 57.2 Å². The van der Waals surface area contributed by atoms with Crippen LogP contribution in [0.3, 0.4) is 0 Å². The Kier molecular flexibility index (Phi) is 6.58. The number of halogens is 2. The number of nitrogens with one attached hydrogen (secondary N) is 1. The normalized spacial score (nSPS) is 22.1. The van der Waals surface area contributed by atoms with E-state index in [-0.39, 0.29) is 25.1 Å². The van der Waals surface area contributed by atoms with Crippen molar-refractivity contribution in [3.63, 3.8) is 0 Å². The lowest BCUT2D eigenvalue weighted by Gasteiger charge is -2.35. The smallest absolute Gasteiger partial charge is 0.266 e. The number of rotatable bonds is 8. The number of hydrogen-bond acceptors (Lipinski definition) is 8. The molecule has 2 saturated heterocycles. The molecule has 1 aliphatic carbocycles. The molecule has 3 fully saturated rings. The summed E-state index contributed by atoms with van der Waals surface area (Å²) in [5.74, 6) is -1.49. The summed E-state index contributed by atoms with van der Waals surface area (Å²) in [5, 5.41) is 12.1. The molecule has 38 heavy (non-hydrogen) atoms. The lowest BCUT2D eigenvalue weighted by Crippen LogP contribution is -2.46. The fourth-order valence-corrected chi connectivity index (χ4v) is 5.29. The summed E-state index contributed by atoms with van der Waals surface area (Å²) in [6, 6.07) is 4.14. The zero-order valence-corrected chi connectivity index (χ0v) is 21.5. The summed E-state index contributed by atoms with van der Waals surface area (Å²) in [7, 11) is 0. The molecule has 5 heterocycles. The average Bonchev–Trinajstić information content (AvgIpc) is 3.49. The summed E-state index contributed by atoms with van der Waals surface area (Å²) in [5.41, 5.74) is 1.72. The molecule has 2 atom stereocenters. The van der Waals surface area contributed by atoms with Gasteiger partial charge in [-0.25, -0.2) is 18.4 Å². The van der Waals surface area contributed by atoms with Gasteiger partial charge in [0.1, 0.15) is 23.4 Å². The number of nitrogens with zero attached hydrogens (tertiary/aromatic N) is 8. The molecule has 3 aromatic heterocycles. The first-order valence-corrected chi connectivity index (χ1v) is 13.4. The standard InChI is InChI=1S/C26H33F2N9O/c1-18(36-9-6-21(11-25(36)38)34-8-2-3-20(15-34)30-12-19-4-5-19)37-16-23(32-33-37)22-13-29-14-24(31-22)35-10-7-26(27,28)17-35/h6,9,11,13-14,16,18-20,30H,2-5,7-8,10,12,15,17H2,1H3/t18?,20-/m1/s1. The molecule has 202 valence electrons. The predicted molar refractivity (Wildman–Crippen MR) is 140 cm³/mol. The Morgan fingerprint density at radius 2 is 2.03 bits per heavy atom. The molecule has 0 spiro atoms. The number of anilines is 2. The maximum atomic E-state index is 13.6. The highest BCUT2D eigenvalue weighted by atomic mass is 19.3. The Labute approximate surface area is 219 Å². The minimum absolute atomic E-state index is 0.114. The number of pyridine rings is 1. The fourth-order valence-electron chi connectivity index (χ4n) is 5.29. The lowest BCUT2D eigenvalue weighted by molar-refractivity contribution is 0.0256. The second kappa shape index (κ2) is 10.0. The first-order chi connectivity index (χ1) is 18.3. The highest BCUT2D eigenvalue weighted by Crippen LogP contribution is 2.30. The number of aromatic nitrogens is 6. The Hall–Kier alpha value is -3.41. The van der Waals surface area contributed by atoms with E-state index in [9.17, 15) is 13.6 Å². The van der Waals surface area contributed by atoms with Crippen molar-refractivity contribution in [1.82, 2.24) is 34.8 Å². The number of hydrogen-bond donors (Lipinski definition) is 1. The maximum absolute atomic E-state index is 13.6. The largest absolute Gasteiger partial charge is 0.370 e. The molecule has 10 nitrogen and oxygen atoms in total. The second-order valence-electron chi connectivity index (χ2n) is 10.8. The van der Waals surface area contributed by atoms with Gasteiger partial charge in [0.15, 0.2) is 0 Å². The molecule has 12 heteroatoms. The second-order valence-corrected chi connectivity index (χ2v) is 10.8. The summed E-state index contributed by atoms with van der Waals surface area (Å²) in [6.07, 6.45) is 10.8. The number of alkyl halides is 2. The van der Waals surface area contributed by atoms with Crippen molar-refractivity contribution in [3.05, 3.63) is 47.3 Å². The van der Waals surface area contributed by atoms with Gasteiger partial charge in [0.25, 0.3) is 11.5 Å². The van der Waals surface area contributed by atoms with Crippen LogP contribution in [0.4, 0.5) is 20.3 Å². The first-order valence-electron chi connectivity index (χ1n) is 13.4. The van der Waals surface area contributed by atoms with Crippen LogP contribution in [-0.4, -0.2) is 74.2 Å². The third kappa shape index (κ3) is 5.40. The van der Waals surface area contributed by atoms with Crippen molar-refractivity contribution in [2.75, 3.05) is 42.5 Å². The SMILES string of the molecule is CC(n1cc(-c2cncc(N3CCC(F)(F)C3)n2)nn1)n1ccc(N2CCC[C@@H](NCC3CC3)C2)cc1=O. The van der Waals surface area contributed by atoms with Gasteiger partial charge in [-0.05, 0) is 51.1 Å². The molecule has 0 aromatic carbocycles. The molecule has 0 amide bonds. The van der Waals surface area contributed by atoms with Crippen LogP contribution in [-0.2, 0) is 0 Å². The fraction of sp³-hybridized carbons (Fsp3) is 0.577. The first kappa shape index (κ1) is 24.9. The zero-order chi connectivity index (χ0) is 26.3. The van der Waals surface area contributed by atoms with E-state index in [1.165, 1.54) is 36.6 Å². The monoisotopic (exact) mass is 525 g/mol. The van der Waals surface area contributed by atoms with Crippen LogP contribution in [0.25, 0.3) is 11.4 Å². The van der Waals surface area contributed by atoms with E-state index in [1.54, 1.807) is 27.7 Å². The summed E-state index contributed by atoms with van der Waals surface area (Å²) < 4.78 is 30.5. The van der Waals surface area contributed by atoms with Gasteiger partial charge < -0.3 is 15.1 Å². The Bertz CT molecular complexity index is 1340. The average molecular weight is 526 g/mol. The van der Waals surface area contributed by atoms with Gasteiger partial charge in [-0.3, -0.25) is 14.3 Å². The minimum Gasteiger partial charge on any atom is -0.370 e. The molecule has 2 aliphatic heterocycles. The lowest BCUT2D eigenvalue weighted by atomic mass is 10.0. The molecule has 1 saturated carbocycles. The van der Waals surface area contributed by atoms with Gasteiger partial charge in [-0.1, -0.05) is 5.21 Å². The highest BCUT2D eigenvalue weighted by molar-refractivity contribution is 5.54. The zero-order valence-electron chi connectivity index (χ0n) is 21.5. The van der Waals surface area contributed by atoms with Crippen molar-refractivity contribution >= 4 is 11.5 Å². The van der Waals surface area contributed by atoms with Crippen molar-refractivity contribution in [3.8, 4) is 11.4 Å². The molecule has 3 aromatic rings. The van der Waals surface area contributed by atoms with Gasteiger partial charge in [0.05, 0.1) is 25.1 Å². The van der Waals surface area contributed by atoms with Crippen molar-refractivity contribution < 1.29 is 8.78 Å². The quantitative estimate of drug-likeness (QED) is 0.480. The van der Waals surface area contributed by atoms with E-state index < -0.39 is 12.1 Å². The maximum Gasteiger partial charge on any atom is 0.266 e. The van der Waals surface area contributed by atoms with E-state index in [0.29, 0.717) is 23.2 Å². The summed E-state index contributed by atoms with van der Waals surface area (Å²) in [4.78, 5) is 25.6. The van der Waals surface area contributed by atoms with E-state index in [4.69, 9.17) is 0 Å².